The second-order valence-corrected chi connectivity index (χ2v) is 8.24. The van der Waals surface area contributed by atoms with E-state index in [1.165, 1.54) is 0 Å². The number of rotatable bonds is 10. The molecule has 8 heteroatoms. The van der Waals surface area contributed by atoms with Gasteiger partial charge >= 0.3 is 0 Å². The van der Waals surface area contributed by atoms with Gasteiger partial charge in [0.15, 0.2) is 5.69 Å². The van der Waals surface area contributed by atoms with E-state index in [4.69, 9.17) is 4.74 Å². The zero-order valence-corrected chi connectivity index (χ0v) is 19.4. The summed E-state index contributed by atoms with van der Waals surface area (Å²) in [6.07, 6.45) is 2.63. The van der Waals surface area contributed by atoms with Crippen molar-refractivity contribution in [3.63, 3.8) is 0 Å². The number of pyridine rings is 1. The van der Waals surface area contributed by atoms with Gasteiger partial charge in [-0.05, 0) is 28.3 Å². The molecular formula is C27H27FN4O3. The number of carbonyl (C=O) groups excluding carboxylic acids is 1. The Morgan fingerprint density at radius 1 is 0.971 bits per heavy atom. The lowest BCUT2D eigenvalue weighted by Crippen LogP contribution is -2.25. The second kappa shape index (κ2) is 11.4. The van der Waals surface area contributed by atoms with Crippen LogP contribution in [-0.4, -0.2) is 28.2 Å². The Balaban J connectivity index is 1.50. The molecule has 2 heterocycles. The van der Waals surface area contributed by atoms with Gasteiger partial charge in [0.1, 0.15) is 6.67 Å². The van der Waals surface area contributed by atoms with Crippen molar-refractivity contribution in [3.8, 4) is 0 Å². The summed E-state index contributed by atoms with van der Waals surface area (Å²) in [4.78, 5) is 27.6. The number of alkyl halides is 1. The highest BCUT2D eigenvalue weighted by molar-refractivity contribution is 5.94. The summed E-state index contributed by atoms with van der Waals surface area (Å²) in [5, 5.41) is 10.0. The zero-order valence-electron chi connectivity index (χ0n) is 19.4. The van der Waals surface area contributed by atoms with Crippen LogP contribution in [0.5, 0.6) is 0 Å². The molecule has 4 rings (SSSR count). The number of halogens is 1. The molecule has 0 unspecified atom stereocenters. The standard InChI is InChI=1S/C27H27FN4O3/c1-35-17-24-23(14-19-10-8-18(9-11-19)13-20-7-4-12-29-26(20)33)25(32-31-24)27(34)30-16-22-6-3-2-5-21(22)15-28/h2-12H,13-17H2,1H3,(H,29,33)(H,30,34)(H,31,32). The van der Waals surface area contributed by atoms with E-state index in [0.29, 0.717) is 24.0 Å². The Labute approximate surface area is 202 Å². The average Bonchev–Trinajstić information content (AvgIpc) is 3.27. The molecule has 0 aliphatic carbocycles. The first-order valence-electron chi connectivity index (χ1n) is 11.3. The molecule has 3 N–H and O–H groups in total. The quantitative estimate of drug-likeness (QED) is 0.325. The maximum atomic E-state index is 13.2. The van der Waals surface area contributed by atoms with E-state index in [9.17, 15) is 14.0 Å². The van der Waals surface area contributed by atoms with Gasteiger partial charge in [-0.2, -0.15) is 5.10 Å². The highest BCUT2D eigenvalue weighted by atomic mass is 19.1. The third kappa shape index (κ3) is 5.91. The molecule has 0 aliphatic heterocycles. The van der Waals surface area contributed by atoms with Crippen molar-refractivity contribution in [2.75, 3.05) is 7.11 Å². The molecule has 35 heavy (non-hydrogen) atoms. The zero-order chi connectivity index (χ0) is 24.6. The van der Waals surface area contributed by atoms with Crippen LogP contribution in [0, 0.1) is 0 Å². The SMILES string of the molecule is COCc1[nH]nc(C(=O)NCc2ccccc2CF)c1Cc1ccc(Cc2ccc[nH]c2=O)cc1. The van der Waals surface area contributed by atoms with Crippen molar-refractivity contribution in [1.29, 1.82) is 0 Å². The number of nitrogens with one attached hydrogen (secondary N) is 3. The molecular weight excluding hydrogens is 447 g/mol. The van der Waals surface area contributed by atoms with E-state index < -0.39 is 6.67 Å². The summed E-state index contributed by atoms with van der Waals surface area (Å²) in [6, 6.07) is 18.6. The number of hydrogen-bond acceptors (Lipinski definition) is 4. The number of hydrogen-bond donors (Lipinski definition) is 3. The number of H-pyrrole nitrogens is 2. The lowest BCUT2D eigenvalue weighted by Gasteiger charge is -2.10. The Morgan fingerprint density at radius 3 is 2.34 bits per heavy atom. The second-order valence-electron chi connectivity index (χ2n) is 8.24. The number of carbonyl (C=O) groups is 1. The van der Waals surface area contributed by atoms with Crippen LogP contribution >= 0.6 is 0 Å². The molecule has 2 aromatic carbocycles. The van der Waals surface area contributed by atoms with Crippen molar-refractivity contribution in [2.45, 2.75) is 32.7 Å². The Hall–Kier alpha value is -4.04. The lowest BCUT2D eigenvalue weighted by molar-refractivity contribution is 0.0945. The Kier molecular flexibility index (Phi) is 7.84. The number of nitrogens with zero attached hydrogens (tertiary/aromatic N) is 1. The van der Waals surface area contributed by atoms with Crippen LogP contribution in [0.25, 0.3) is 0 Å². The van der Waals surface area contributed by atoms with E-state index in [1.807, 2.05) is 42.5 Å². The first kappa shape index (κ1) is 24.1. The summed E-state index contributed by atoms with van der Waals surface area (Å²) in [5.74, 6) is -0.341. The molecule has 1 amide bonds. The summed E-state index contributed by atoms with van der Waals surface area (Å²) < 4.78 is 18.5. The van der Waals surface area contributed by atoms with E-state index in [1.54, 1.807) is 31.5 Å². The minimum Gasteiger partial charge on any atom is -0.378 e. The first-order valence-corrected chi connectivity index (χ1v) is 11.3. The fourth-order valence-corrected chi connectivity index (χ4v) is 3.96. The van der Waals surface area contributed by atoms with Gasteiger partial charge < -0.3 is 15.0 Å². The van der Waals surface area contributed by atoms with Crippen molar-refractivity contribution >= 4 is 5.91 Å². The molecule has 180 valence electrons. The number of aromatic amines is 2. The predicted octanol–water partition coefficient (Wildman–Crippen LogP) is 3.83. The molecule has 0 aliphatic rings. The molecule has 0 saturated heterocycles. The van der Waals surface area contributed by atoms with Gasteiger partial charge in [-0.1, -0.05) is 54.6 Å². The highest BCUT2D eigenvalue weighted by Gasteiger charge is 2.20. The van der Waals surface area contributed by atoms with E-state index in [2.05, 4.69) is 20.5 Å². The van der Waals surface area contributed by atoms with Crippen molar-refractivity contribution in [3.05, 3.63) is 122 Å². The topological polar surface area (TPSA) is 99.9 Å². The highest BCUT2D eigenvalue weighted by Crippen LogP contribution is 2.19. The fourth-order valence-electron chi connectivity index (χ4n) is 3.96. The minimum absolute atomic E-state index is 0.0935. The Morgan fingerprint density at radius 2 is 1.66 bits per heavy atom. The van der Waals surface area contributed by atoms with E-state index in [-0.39, 0.29) is 30.3 Å². The largest absolute Gasteiger partial charge is 0.378 e. The monoisotopic (exact) mass is 474 g/mol. The van der Waals surface area contributed by atoms with Crippen LogP contribution in [0.4, 0.5) is 4.39 Å². The van der Waals surface area contributed by atoms with E-state index in [0.717, 1.165) is 27.9 Å². The molecule has 7 nitrogen and oxygen atoms in total. The molecule has 0 bridgehead atoms. The molecule has 0 saturated carbocycles. The molecule has 2 aromatic heterocycles. The molecule has 0 spiro atoms. The maximum Gasteiger partial charge on any atom is 0.272 e. The third-order valence-corrected chi connectivity index (χ3v) is 5.86. The maximum absolute atomic E-state index is 13.2. The van der Waals surface area contributed by atoms with Gasteiger partial charge in [-0.3, -0.25) is 14.7 Å². The number of benzene rings is 2. The van der Waals surface area contributed by atoms with Gasteiger partial charge in [0.25, 0.3) is 11.5 Å². The third-order valence-electron chi connectivity index (χ3n) is 5.86. The summed E-state index contributed by atoms with van der Waals surface area (Å²) in [6.45, 7) is -0.0976. The van der Waals surface area contributed by atoms with Crippen LogP contribution in [0.2, 0.25) is 0 Å². The number of ether oxygens (including phenoxy) is 1. The minimum atomic E-state index is -0.591. The number of amides is 1. The van der Waals surface area contributed by atoms with Gasteiger partial charge in [0.05, 0.1) is 12.3 Å². The predicted molar refractivity (Wildman–Crippen MR) is 131 cm³/mol. The molecule has 0 fully saturated rings. The first-order chi connectivity index (χ1) is 17.1. The van der Waals surface area contributed by atoms with Gasteiger partial charge in [-0.15, -0.1) is 0 Å². The van der Waals surface area contributed by atoms with Crippen LogP contribution in [0.3, 0.4) is 0 Å². The van der Waals surface area contributed by atoms with E-state index >= 15 is 0 Å². The van der Waals surface area contributed by atoms with Gasteiger partial charge in [0, 0.05) is 43.8 Å². The van der Waals surface area contributed by atoms with Crippen molar-refractivity contribution < 1.29 is 13.9 Å². The van der Waals surface area contributed by atoms with Crippen LogP contribution in [0.15, 0.2) is 71.7 Å². The molecule has 4 aromatic rings. The summed E-state index contributed by atoms with van der Waals surface area (Å²) >= 11 is 0. The van der Waals surface area contributed by atoms with Crippen LogP contribution in [0.1, 0.15) is 49.6 Å². The average molecular weight is 475 g/mol. The van der Waals surface area contributed by atoms with Gasteiger partial charge in [-0.25, -0.2) is 4.39 Å². The molecule has 0 atom stereocenters. The number of methoxy groups -OCH3 is 1. The Bertz CT molecular complexity index is 1350. The van der Waals surface area contributed by atoms with Crippen LogP contribution in [-0.2, 0) is 37.4 Å². The summed E-state index contributed by atoms with van der Waals surface area (Å²) in [7, 11) is 1.58. The smallest absolute Gasteiger partial charge is 0.272 e. The number of aromatic nitrogens is 3. The van der Waals surface area contributed by atoms with Crippen LogP contribution < -0.4 is 10.9 Å². The lowest BCUT2D eigenvalue weighted by atomic mass is 9.99. The molecule has 0 radical (unpaired) electrons. The summed E-state index contributed by atoms with van der Waals surface area (Å²) in [5.41, 5.74) is 5.64. The van der Waals surface area contributed by atoms with Crippen molar-refractivity contribution in [2.24, 2.45) is 0 Å². The van der Waals surface area contributed by atoms with Gasteiger partial charge in [0.2, 0.25) is 0 Å². The normalized spacial score (nSPS) is 10.9. The van der Waals surface area contributed by atoms with Crippen molar-refractivity contribution in [1.82, 2.24) is 20.5 Å². The fraction of sp³-hybridized carbons (Fsp3) is 0.222.